The van der Waals surface area contributed by atoms with Gasteiger partial charge in [0, 0.05) is 18.8 Å². The Bertz CT molecular complexity index is 935. The summed E-state index contributed by atoms with van der Waals surface area (Å²) < 4.78 is 33.1. The van der Waals surface area contributed by atoms with Crippen LogP contribution in [0.1, 0.15) is 38.2 Å². The normalized spacial score (nSPS) is 15.5. The maximum Gasteiger partial charge on any atom is 0.262 e. The first-order valence-electron chi connectivity index (χ1n) is 10.1. The van der Waals surface area contributed by atoms with Gasteiger partial charge in [0.15, 0.2) is 6.61 Å². The van der Waals surface area contributed by atoms with Crippen LogP contribution in [0, 0.1) is 0 Å². The number of sulfonamides is 1. The van der Waals surface area contributed by atoms with E-state index in [0.717, 1.165) is 37.7 Å². The van der Waals surface area contributed by atoms with E-state index < -0.39 is 10.0 Å². The molecule has 0 spiro atoms. The van der Waals surface area contributed by atoms with Gasteiger partial charge in [0.2, 0.25) is 10.0 Å². The average molecular weight is 417 g/mol. The zero-order valence-electron chi connectivity index (χ0n) is 16.8. The van der Waals surface area contributed by atoms with E-state index in [0.29, 0.717) is 24.5 Å². The van der Waals surface area contributed by atoms with Gasteiger partial charge >= 0.3 is 0 Å². The van der Waals surface area contributed by atoms with E-state index in [1.165, 1.54) is 6.07 Å². The number of rotatable bonds is 7. The lowest BCUT2D eigenvalue weighted by Gasteiger charge is -2.20. The summed E-state index contributed by atoms with van der Waals surface area (Å²) in [5.74, 6) is 0.350. The summed E-state index contributed by atoms with van der Waals surface area (Å²) in [7, 11) is -3.56. The van der Waals surface area contributed by atoms with Crippen molar-refractivity contribution in [1.82, 2.24) is 4.31 Å². The molecule has 6 nitrogen and oxygen atoms in total. The molecule has 2 aromatic rings. The van der Waals surface area contributed by atoms with Crippen LogP contribution in [0.4, 0.5) is 5.69 Å². The minimum atomic E-state index is -3.56. The van der Waals surface area contributed by atoms with Gasteiger partial charge in [-0.1, -0.05) is 44.0 Å². The van der Waals surface area contributed by atoms with E-state index in [1.54, 1.807) is 22.5 Å². The van der Waals surface area contributed by atoms with E-state index in [4.69, 9.17) is 4.74 Å². The molecule has 0 unspecified atom stereocenters. The third kappa shape index (κ3) is 5.58. The van der Waals surface area contributed by atoms with Gasteiger partial charge in [-0.15, -0.1) is 0 Å². The molecule has 156 valence electrons. The largest absolute Gasteiger partial charge is 0.483 e. The van der Waals surface area contributed by atoms with Gasteiger partial charge in [0.05, 0.1) is 4.90 Å². The number of ether oxygens (including phenoxy) is 1. The highest BCUT2D eigenvalue weighted by Crippen LogP contribution is 2.23. The smallest absolute Gasteiger partial charge is 0.262 e. The van der Waals surface area contributed by atoms with E-state index in [2.05, 4.69) is 5.32 Å². The lowest BCUT2D eigenvalue weighted by Crippen LogP contribution is -2.32. The van der Waals surface area contributed by atoms with Crippen molar-refractivity contribution in [2.45, 2.75) is 43.9 Å². The number of nitrogens with zero attached hydrogens (tertiary/aromatic N) is 1. The maximum absolute atomic E-state index is 12.9. The summed E-state index contributed by atoms with van der Waals surface area (Å²) >= 11 is 0. The summed E-state index contributed by atoms with van der Waals surface area (Å²) in [6, 6.07) is 14.0. The topological polar surface area (TPSA) is 75.7 Å². The lowest BCUT2D eigenvalue weighted by atomic mass is 10.1. The number of benzene rings is 2. The number of amides is 1. The van der Waals surface area contributed by atoms with Gasteiger partial charge in [-0.2, -0.15) is 4.31 Å². The van der Waals surface area contributed by atoms with Crippen molar-refractivity contribution in [3.8, 4) is 5.75 Å². The number of carbonyl (C=O) groups excluding carboxylic acids is 1. The second-order valence-electron chi connectivity index (χ2n) is 7.14. The van der Waals surface area contributed by atoms with Gasteiger partial charge in [-0.25, -0.2) is 8.42 Å². The second kappa shape index (κ2) is 9.89. The van der Waals surface area contributed by atoms with Crippen LogP contribution in [-0.2, 0) is 21.2 Å². The van der Waals surface area contributed by atoms with Gasteiger partial charge in [0.1, 0.15) is 5.75 Å². The molecular formula is C22H28N2O4S. The fraction of sp³-hybridized carbons (Fsp3) is 0.409. The van der Waals surface area contributed by atoms with Crippen LogP contribution in [0.15, 0.2) is 53.4 Å². The summed E-state index contributed by atoms with van der Waals surface area (Å²) in [5.41, 5.74) is 1.48. The van der Waals surface area contributed by atoms with Crippen molar-refractivity contribution in [3.63, 3.8) is 0 Å². The minimum Gasteiger partial charge on any atom is -0.483 e. The first kappa shape index (κ1) is 21.3. The number of aryl methyl sites for hydroxylation is 1. The van der Waals surface area contributed by atoms with Crippen LogP contribution in [0.5, 0.6) is 5.75 Å². The van der Waals surface area contributed by atoms with Crippen molar-refractivity contribution >= 4 is 21.6 Å². The quantitative estimate of drug-likeness (QED) is 0.744. The van der Waals surface area contributed by atoms with Crippen LogP contribution in [0.3, 0.4) is 0 Å². The molecule has 29 heavy (non-hydrogen) atoms. The van der Waals surface area contributed by atoms with Crippen LogP contribution in [0.25, 0.3) is 0 Å². The molecule has 0 radical (unpaired) electrons. The molecule has 0 saturated carbocycles. The average Bonchev–Trinajstić information content (AvgIpc) is 3.03. The Morgan fingerprint density at radius 3 is 2.48 bits per heavy atom. The Kier molecular flexibility index (Phi) is 7.28. The lowest BCUT2D eigenvalue weighted by molar-refractivity contribution is -0.118. The molecule has 0 atom stereocenters. The summed E-state index contributed by atoms with van der Waals surface area (Å²) in [4.78, 5) is 12.5. The number of para-hydroxylation sites is 1. The minimum absolute atomic E-state index is 0.139. The zero-order chi connectivity index (χ0) is 20.7. The van der Waals surface area contributed by atoms with E-state index >= 15 is 0 Å². The second-order valence-corrected chi connectivity index (χ2v) is 9.08. The van der Waals surface area contributed by atoms with Crippen LogP contribution in [-0.4, -0.2) is 38.3 Å². The number of hydrogen-bond acceptors (Lipinski definition) is 4. The molecule has 0 aromatic heterocycles. The van der Waals surface area contributed by atoms with Crippen molar-refractivity contribution in [2.75, 3.05) is 25.0 Å². The molecule has 1 aliphatic heterocycles. The Hall–Kier alpha value is -2.38. The summed E-state index contributed by atoms with van der Waals surface area (Å²) in [6.07, 6.45) is 4.69. The van der Waals surface area contributed by atoms with Crippen molar-refractivity contribution in [1.29, 1.82) is 0 Å². The van der Waals surface area contributed by atoms with Crippen molar-refractivity contribution in [3.05, 3.63) is 54.1 Å². The molecule has 1 amide bonds. The fourth-order valence-corrected chi connectivity index (χ4v) is 5.01. The molecule has 1 fully saturated rings. The molecule has 1 N–H and O–H groups in total. The van der Waals surface area contributed by atoms with E-state index in [9.17, 15) is 13.2 Å². The molecule has 7 heteroatoms. The monoisotopic (exact) mass is 416 g/mol. The third-order valence-corrected chi connectivity index (χ3v) is 6.93. The number of nitrogens with one attached hydrogen (secondary N) is 1. The summed E-state index contributed by atoms with van der Waals surface area (Å²) in [6.45, 7) is 2.98. The molecule has 1 heterocycles. The third-order valence-electron chi connectivity index (χ3n) is 5.03. The van der Waals surface area contributed by atoms with Crippen LogP contribution >= 0.6 is 0 Å². The highest BCUT2D eigenvalue weighted by Gasteiger charge is 2.25. The predicted molar refractivity (Wildman–Crippen MR) is 114 cm³/mol. The molecule has 2 aromatic carbocycles. The highest BCUT2D eigenvalue weighted by atomic mass is 32.2. The van der Waals surface area contributed by atoms with Crippen molar-refractivity contribution in [2.24, 2.45) is 0 Å². The van der Waals surface area contributed by atoms with Gasteiger partial charge in [-0.3, -0.25) is 4.79 Å². The SMILES string of the molecule is CCc1ccccc1OCC(=O)Nc1cccc(S(=O)(=O)N2CCCCCC2)c1. The first-order chi connectivity index (χ1) is 14.0. The number of carbonyl (C=O) groups is 1. The molecule has 1 aliphatic rings. The Labute approximate surface area is 172 Å². The molecule has 0 aliphatic carbocycles. The molecular weight excluding hydrogens is 388 g/mol. The highest BCUT2D eigenvalue weighted by molar-refractivity contribution is 7.89. The maximum atomic E-state index is 12.9. The van der Waals surface area contributed by atoms with Crippen molar-refractivity contribution < 1.29 is 17.9 Å². The van der Waals surface area contributed by atoms with Crippen LogP contribution < -0.4 is 10.1 Å². The van der Waals surface area contributed by atoms with Gasteiger partial charge in [0.25, 0.3) is 5.91 Å². The first-order valence-corrected chi connectivity index (χ1v) is 11.6. The Morgan fingerprint density at radius 2 is 1.76 bits per heavy atom. The van der Waals surface area contributed by atoms with Gasteiger partial charge < -0.3 is 10.1 Å². The van der Waals surface area contributed by atoms with Crippen LogP contribution in [0.2, 0.25) is 0 Å². The van der Waals surface area contributed by atoms with E-state index in [-0.39, 0.29) is 17.4 Å². The standard InChI is InChI=1S/C22H28N2O4S/c1-2-18-10-5-6-13-21(18)28-17-22(25)23-19-11-9-12-20(16-19)29(26,27)24-14-7-3-4-8-15-24/h5-6,9-13,16H,2-4,7-8,14-15,17H2,1H3,(H,23,25). The number of anilines is 1. The molecule has 1 saturated heterocycles. The number of hydrogen-bond donors (Lipinski definition) is 1. The molecule has 3 rings (SSSR count). The predicted octanol–water partition coefficient (Wildman–Crippen LogP) is 3.83. The van der Waals surface area contributed by atoms with Gasteiger partial charge in [-0.05, 0) is 49.1 Å². The van der Waals surface area contributed by atoms with E-state index in [1.807, 2.05) is 31.2 Å². The molecule has 0 bridgehead atoms. The summed E-state index contributed by atoms with van der Waals surface area (Å²) in [5, 5.41) is 2.73. The fourth-order valence-electron chi connectivity index (χ4n) is 3.44. The Balaban J connectivity index is 1.65. The zero-order valence-corrected chi connectivity index (χ0v) is 17.6. The Morgan fingerprint density at radius 1 is 1.03 bits per heavy atom.